The molecule has 0 atom stereocenters. The molecule has 0 unspecified atom stereocenters. The fraction of sp³-hybridized carbons (Fsp3) is 1.00. The van der Waals surface area contributed by atoms with Gasteiger partial charge in [-0.15, -0.1) is 0 Å². The fourth-order valence-corrected chi connectivity index (χ4v) is 13.1. The lowest BCUT2D eigenvalue weighted by molar-refractivity contribution is -0.176. The minimum atomic E-state index is -0.413. The molecular formula is C24H54O4S3Si2. The van der Waals surface area contributed by atoms with Crippen molar-refractivity contribution in [3.63, 3.8) is 0 Å². The number of hydrogen-bond acceptors (Lipinski definition) is 7. The van der Waals surface area contributed by atoms with Crippen molar-refractivity contribution in [3.8, 4) is 0 Å². The normalized spacial score (nSPS) is 13.3. The van der Waals surface area contributed by atoms with Crippen LogP contribution in [0, 0.1) is 0 Å². The van der Waals surface area contributed by atoms with E-state index in [1.54, 1.807) is 0 Å². The lowest BCUT2D eigenvalue weighted by Gasteiger charge is -2.34. The van der Waals surface area contributed by atoms with Gasteiger partial charge in [-0.1, -0.05) is 86.0 Å². The minimum absolute atomic E-state index is 0.265. The highest BCUT2D eigenvalue weighted by atomic mass is 33.5. The van der Waals surface area contributed by atoms with Crippen LogP contribution in [0.5, 0.6) is 0 Å². The Morgan fingerprint density at radius 2 is 0.909 bits per heavy atom. The highest BCUT2D eigenvalue weighted by Gasteiger charge is 2.32. The number of unbranched alkanes of at least 4 members (excludes halogenated alkanes) is 4. The molecule has 0 saturated carbocycles. The molecule has 0 rings (SSSR count). The lowest BCUT2D eigenvalue weighted by atomic mass is 10.3. The van der Waals surface area contributed by atoms with Crippen molar-refractivity contribution in [3.05, 3.63) is 0 Å². The molecule has 200 valence electrons. The maximum Gasteiger partial charge on any atom is 0.145 e. The summed E-state index contributed by atoms with van der Waals surface area (Å²) >= 11 is 0. The molecule has 0 amide bonds. The monoisotopic (exact) mass is 558 g/mol. The van der Waals surface area contributed by atoms with Crippen molar-refractivity contribution in [2.45, 2.75) is 116 Å². The van der Waals surface area contributed by atoms with E-state index in [2.05, 4.69) is 41.5 Å². The van der Waals surface area contributed by atoms with Crippen LogP contribution in [0.3, 0.4) is 0 Å². The van der Waals surface area contributed by atoms with Crippen LogP contribution in [0.2, 0.25) is 12.1 Å². The molecule has 0 fully saturated rings. The first kappa shape index (κ1) is 34.3. The molecule has 0 aromatic heterocycles. The summed E-state index contributed by atoms with van der Waals surface area (Å²) in [7, 11) is 4.98. The zero-order chi connectivity index (χ0) is 24.7. The van der Waals surface area contributed by atoms with Gasteiger partial charge in [0.15, 0.2) is 0 Å². The summed E-state index contributed by atoms with van der Waals surface area (Å²) in [6.07, 6.45) is 9.89. The van der Waals surface area contributed by atoms with E-state index < -0.39 is 19.0 Å². The van der Waals surface area contributed by atoms with Gasteiger partial charge in [0.25, 0.3) is 0 Å². The van der Waals surface area contributed by atoms with Gasteiger partial charge in [-0.3, -0.25) is 0 Å². The average molecular weight is 559 g/mol. The number of ether oxygens (including phenoxy) is 4. The Morgan fingerprint density at radius 3 is 1.21 bits per heavy atom. The first-order valence-electron chi connectivity index (χ1n) is 13.5. The second kappa shape index (κ2) is 23.7. The molecule has 0 radical (unpaired) electrons. The third-order valence-electron chi connectivity index (χ3n) is 5.68. The van der Waals surface area contributed by atoms with Gasteiger partial charge >= 0.3 is 0 Å². The van der Waals surface area contributed by atoms with Crippen molar-refractivity contribution >= 4 is 50.5 Å². The quantitative estimate of drug-likeness (QED) is 0.0500. The second-order valence-corrected chi connectivity index (χ2v) is 17.4. The molecule has 4 nitrogen and oxygen atoms in total. The van der Waals surface area contributed by atoms with Gasteiger partial charge in [-0.2, -0.15) is 0 Å². The van der Waals surface area contributed by atoms with Crippen LogP contribution < -0.4 is 0 Å². The zero-order valence-corrected chi connectivity index (χ0v) is 27.9. The van der Waals surface area contributed by atoms with E-state index >= 15 is 0 Å². The predicted molar refractivity (Wildman–Crippen MR) is 159 cm³/mol. The van der Waals surface area contributed by atoms with Crippen molar-refractivity contribution < 1.29 is 18.9 Å². The molecule has 0 N–H and O–H groups in total. The standard InChI is InChI=1S/C24H54O4S3Si2/c1-7-13-15-21-32-23(25-9-3,26-10-4)17-19-29-31-30-20-18-24(27-11-5,28-12-6)33-22-16-14-8-2/h7-22,32-33H2,1-6H3. The average Bonchev–Trinajstić information content (AvgIpc) is 2.80. The second-order valence-electron chi connectivity index (χ2n) is 8.39. The smallest absolute Gasteiger partial charge is 0.145 e. The predicted octanol–water partition coefficient (Wildman–Crippen LogP) is 6.80. The molecule has 0 aliphatic heterocycles. The van der Waals surface area contributed by atoms with E-state index in [-0.39, 0.29) is 10.8 Å². The summed E-state index contributed by atoms with van der Waals surface area (Å²) in [5.74, 6) is 2.15. The molecule has 0 saturated heterocycles. The summed E-state index contributed by atoms with van der Waals surface area (Å²) in [5.41, 5.74) is -0.530. The van der Waals surface area contributed by atoms with Gasteiger partial charge in [0, 0.05) is 50.8 Å². The summed E-state index contributed by atoms with van der Waals surface area (Å²) in [6.45, 7) is 15.9. The van der Waals surface area contributed by atoms with Crippen LogP contribution in [0.25, 0.3) is 0 Å². The number of hydrogen-bond donors (Lipinski definition) is 0. The van der Waals surface area contributed by atoms with Crippen LogP contribution in [0.4, 0.5) is 0 Å². The topological polar surface area (TPSA) is 36.9 Å². The molecule has 9 heteroatoms. The molecular weight excluding hydrogens is 505 g/mol. The van der Waals surface area contributed by atoms with Crippen molar-refractivity contribution in [2.24, 2.45) is 0 Å². The van der Waals surface area contributed by atoms with Crippen LogP contribution in [0.1, 0.15) is 92.9 Å². The van der Waals surface area contributed by atoms with E-state index in [4.69, 9.17) is 18.9 Å². The van der Waals surface area contributed by atoms with E-state index in [1.807, 2.05) is 31.4 Å². The third-order valence-corrected chi connectivity index (χ3v) is 14.7. The first-order valence-corrected chi connectivity index (χ1v) is 20.8. The van der Waals surface area contributed by atoms with E-state index in [9.17, 15) is 0 Å². The minimum Gasteiger partial charge on any atom is -0.355 e. The van der Waals surface area contributed by atoms with Crippen molar-refractivity contribution in [1.29, 1.82) is 0 Å². The van der Waals surface area contributed by atoms with E-state index in [1.165, 1.54) is 50.6 Å². The van der Waals surface area contributed by atoms with E-state index in [0.717, 1.165) is 50.8 Å². The highest BCUT2D eigenvalue weighted by Crippen LogP contribution is 2.38. The highest BCUT2D eigenvalue weighted by molar-refractivity contribution is 9.09. The van der Waals surface area contributed by atoms with Gasteiger partial charge in [0.1, 0.15) is 10.8 Å². The van der Waals surface area contributed by atoms with Gasteiger partial charge in [0.05, 0.1) is 19.0 Å². The molecule has 0 heterocycles. The van der Waals surface area contributed by atoms with E-state index in [0.29, 0.717) is 0 Å². The van der Waals surface area contributed by atoms with Crippen LogP contribution >= 0.6 is 31.4 Å². The Kier molecular flexibility index (Phi) is 24.7. The molecule has 0 spiro atoms. The SMILES string of the molecule is CCCCC[SiH2]C(CCSSSCCC(OCC)(OCC)[SiH2]CCCCC)(OCC)OCC. The molecule has 0 aromatic rings. The van der Waals surface area contributed by atoms with Crippen molar-refractivity contribution in [1.82, 2.24) is 0 Å². The fourth-order valence-electron chi connectivity index (χ4n) is 4.10. The van der Waals surface area contributed by atoms with Gasteiger partial charge in [0.2, 0.25) is 0 Å². The Labute approximate surface area is 222 Å². The summed E-state index contributed by atoms with van der Waals surface area (Å²) < 4.78 is 24.9. The molecule has 33 heavy (non-hydrogen) atoms. The third kappa shape index (κ3) is 17.4. The maximum atomic E-state index is 6.21. The van der Waals surface area contributed by atoms with Crippen LogP contribution in [-0.4, -0.2) is 67.8 Å². The van der Waals surface area contributed by atoms with Gasteiger partial charge in [-0.05, 0) is 37.5 Å². The van der Waals surface area contributed by atoms with Crippen molar-refractivity contribution in [2.75, 3.05) is 37.9 Å². The Bertz CT molecular complexity index is 375. The Balaban J connectivity index is 4.45. The molecule has 0 aromatic carbocycles. The van der Waals surface area contributed by atoms with Gasteiger partial charge < -0.3 is 18.9 Å². The summed E-state index contributed by atoms with van der Waals surface area (Å²) in [6, 6.07) is 2.64. The molecule has 0 bridgehead atoms. The van der Waals surface area contributed by atoms with Crippen LogP contribution in [0.15, 0.2) is 0 Å². The maximum absolute atomic E-state index is 6.21. The first-order chi connectivity index (χ1) is 16.1. The Hall–Kier alpha value is 1.32. The summed E-state index contributed by atoms with van der Waals surface area (Å²) in [4.78, 5) is 0. The van der Waals surface area contributed by atoms with Crippen LogP contribution in [-0.2, 0) is 18.9 Å². The molecule has 0 aliphatic carbocycles. The number of rotatable bonds is 26. The van der Waals surface area contributed by atoms with Gasteiger partial charge in [-0.25, -0.2) is 0 Å². The summed E-state index contributed by atoms with van der Waals surface area (Å²) in [5, 5.41) is 0. The lowest BCUT2D eigenvalue weighted by Crippen LogP contribution is -2.43. The molecule has 0 aliphatic rings. The Morgan fingerprint density at radius 1 is 0.545 bits per heavy atom. The zero-order valence-electron chi connectivity index (χ0n) is 22.6. The largest absolute Gasteiger partial charge is 0.355 e.